The van der Waals surface area contributed by atoms with E-state index in [0.29, 0.717) is 0 Å². The van der Waals surface area contributed by atoms with Crippen molar-refractivity contribution in [2.75, 3.05) is 38.0 Å². The average Bonchev–Trinajstić information content (AvgIpc) is 2.40. The standard InChI is InChI=1S/C13H19N3O/c1-2-15-12-6-4-3-5-11(12)13(17)16-9-7-14-8-10-16/h3-6,14-15H,2,7-10H2,1H3. The zero-order chi connectivity index (χ0) is 12.1. The summed E-state index contributed by atoms with van der Waals surface area (Å²) in [7, 11) is 0. The van der Waals surface area contributed by atoms with Crippen LogP contribution in [0.1, 0.15) is 17.3 Å². The first-order chi connectivity index (χ1) is 8.33. The number of rotatable bonds is 3. The van der Waals surface area contributed by atoms with Crippen LogP contribution in [0.3, 0.4) is 0 Å². The number of amides is 1. The molecule has 1 aromatic rings. The van der Waals surface area contributed by atoms with Crippen molar-refractivity contribution in [2.45, 2.75) is 6.92 Å². The molecule has 0 aliphatic carbocycles. The molecule has 0 unspecified atom stereocenters. The van der Waals surface area contributed by atoms with Gasteiger partial charge in [0.05, 0.1) is 5.56 Å². The van der Waals surface area contributed by atoms with E-state index in [2.05, 4.69) is 10.6 Å². The Hall–Kier alpha value is -1.55. The summed E-state index contributed by atoms with van der Waals surface area (Å²) in [4.78, 5) is 14.3. The van der Waals surface area contributed by atoms with E-state index >= 15 is 0 Å². The molecule has 0 bridgehead atoms. The third-order valence-corrected chi connectivity index (χ3v) is 2.93. The molecule has 4 nitrogen and oxygen atoms in total. The number of nitrogens with zero attached hydrogens (tertiary/aromatic N) is 1. The van der Waals surface area contributed by atoms with Crippen molar-refractivity contribution in [3.8, 4) is 0 Å². The van der Waals surface area contributed by atoms with Gasteiger partial charge in [-0.1, -0.05) is 12.1 Å². The van der Waals surface area contributed by atoms with Crippen molar-refractivity contribution in [1.82, 2.24) is 10.2 Å². The smallest absolute Gasteiger partial charge is 0.256 e. The molecule has 1 aliphatic rings. The van der Waals surface area contributed by atoms with Gasteiger partial charge in [0.15, 0.2) is 0 Å². The van der Waals surface area contributed by atoms with Crippen LogP contribution >= 0.6 is 0 Å². The zero-order valence-corrected chi connectivity index (χ0v) is 10.2. The summed E-state index contributed by atoms with van der Waals surface area (Å²) in [5.74, 6) is 0.128. The lowest BCUT2D eigenvalue weighted by atomic mass is 10.1. The van der Waals surface area contributed by atoms with Crippen molar-refractivity contribution < 1.29 is 4.79 Å². The van der Waals surface area contributed by atoms with Crippen LogP contribution in [0.25, 0.3) is 0 Å². The monoisotopic (exact) mass is 233 g/mol. The van der Waals surface area contributed by atoms with Crippen LogP contribution in [0.2, 0.25) is 0 Å². The number of hydrogen-bond acceptors (Lipinski definition) is 3. The predicted molar refractivity (Wildman–Crippen MR) is 69.4 cm³/mol. The van der Waals surface area contributed by atoms with Gasteiger partial charge in [-0.15, -0.1) is 0 Å². The van der Waals surface area contributed by atoms with E-state index in [0.717, 1.165) is 44.0 Å². The van der Waals surface area contributed by atoms with E-state index in [-0.39, 0.29) is 5.91 Å². The predicted octanol–water partition coefficient (Wildman–Crippen LogP) is 1.16. The van der Waals surface area contributed by atoms with Crippen molar-refractivity contribution in [3.63, 3.8) is 0 Å². The Morgan fingerprint density at radius 3 is 2.76 bits per heavy atom. The van der Waals surface area contributed by atoms with Crippen LogP contribution in [0.15, 0.2) is 24.3 Å². The third-order valence-electron chi connectivity index (χ3n) is 2.93. The normalized spacial score (nSPS) is 15.7. The summed E-state index contributed by atoms with van der Waals surface area (Å²) in [6, 6.07) is 7.71. The maximum Gasteiger partial charge on any atom is 0.256 e. The zero-order valence-electron chi connectivity index (χ0n) is 10.2. The van der Waals surface area contributed by atoms with Gasteiger partial charge in [-0.2, -0.15) is 0 Å². The molecule has 1 heterocycles. The van der Waals surface area contributed by atoms with Gasteiger partial charge in [0.1, 0.15) is 0 Å². The highest BCUT2D eigenvalue weighted by molar-refractivity contribution is 5.99. The number of para-hydroxylation sites is 1. The largest absolute Gasteiger partial charge is 0.385 e. The summed E-state index contributed by atoms with van der Waals surface area (Å²) in [6.07, 6.45) is 0. The maximum absolute atomic E-state index is 12.4. The summed E-state index contributed by atoms with van der Waals surface area (Å²) in [6.45, 7) is 6.21. The van der Waals surface area contributed by atoms with Crippen LogP contribution in [0.4, 0.5) is 5.69 Å². The number of nitrogens with one attached hydrogen (secondary N) is 2. The van der Waals surface area contributed by atoms with Crippen molar-refractivity contribution in [1.29, 1.82) is 0 Å². The highest BCUT2D eigenvalue weighted by Crippen LogP contribution is 2.17. The molecule has 4 heteroatoms. The molecule has 0 saturated carbocycles. The SMILES string of the molecule is CCNc1ccccc1C(=O)N1CCNCC1. The topological polar surface area (TPSA) is 44.4 Å². The molecule has 1 saturated heterocycles. The van der Waals surface area contributed by atoms with Crippen LogP contribution in [-0.4, -0.2) is 43.5 Å². The second kappa shape index (κ2) is 5.68. The first-order valence-corrected chi connectivity index (χ1v) is 6.16. The van der Waals surface area contributed by atoms with Gasteiger partial charge in [0.2, 0.25) is 0 Å². The summed E-state index contributed by atoms with van der Waals surface area (Å²) in [5.41, 5.74) is 1.70. The minimum atomic E-state index is 0.128. The average molecular weight is 233 g/mol. The molecule has 2 N–H and O–H groups in total. The van der Waals surface area contributed by atoms with Gasteiger partial charge in [-0.25, -0.2) is 0 Å². The van der Waals surface area contributed by atoms with Crippen molar-refractivity contribution in [2.24, 2.45) is 0 Å². The fourth-order valence-corrected chi connectivity index (χ4v) is 2.05. The number of hydrogen-bond donors (Lipinski definition) is 2. The molecule has 1 amide bonds. The van der Waals surface area contributed by atoms with E-state index in [1.165, 1.54) is 0 Å². The Morgan fingerprint density at radius 2 is 2.06 bits per heavy atom. The van der Waals surface area contributed by atoms with Gasteiger partial charge < -0.3 is 15.5 Å². The van der Waals surface area contributed by atoms with Crippen LogP contribution in [0, 0.1) is 0 Å². The molecular weight excluding hydrogens is 214 g/mol. The molecular formula is C13H19N3O. The number of carbonyl (C=O) groups excluding carboxylic acids is 1. The van der Waals surface area contributed by atoms with E-state index in [1.807, 2.05) is 36.1 Å². The Bertz CT molecular complexity index is 386. The molecule has 92 valence electrons. The fourth-order valence-electron chi connectivity index (χ4n) is 2.05. The lowest BCUT2D eigenvalue weighted by Gasteiger charge is -2.28. The minimum absolute atomic E-state index is 0.128. The number of piperazine rings is 1. The minimum Gasteiger partial charge on any atom is -0.385 e. The highest BCUT2D eigenvalue weighted by Gasteiger charge is 2.19. The number of carbonyl (C=O) groups is 1. The van der Waals surface area contributed by atoms with Crippen LogP contribution in [0.5, 0.6) is 0 Å². The summed E-state index contributed by atoms with van der Waals surface area (Å²) in [5, 5.41) is 6.48. The number of anilines is 1. The number of benzene rings is 1. The van der Waals surface area contributed by atoms with Crippen LogP contribution in [-0.2, 0) is 0 Å². The third kappa shape index (κ3) is 2.77. The van der Waals surface area contributed by atoms with Gasteiger partial charge >= 0.3 is 0 Å². The molecule has 0 aromatic heterocycles. The Balaban J connectivity index is 2.17. The highest BCUT2D eigenvalue weighted by atomic mass is 16.2. The lowest BCUT2D eigenvalue weighted by Crippen LogP contribution is -2.46. The van der Waals surface area contributed by atoms with E-state index in [9.17, 15) is 4.79 Å². The second-order valence-corrected chi connectivity index (χ2v) is 4.12. The molecule has 2 rings (SSSR count). The van der Waals surface area contributed by atoms with E-state index in [4.69, 9.17) is 0 Å². The second-order valence-electron chi connectivity index (χ2n) is 4.12. The molecule has 0 spiro atoms. The first kappa shape index (κ1) is 11.9. The molecule has 0 radical (unpaired) electrons. The quantitative estimate of drug-likeness (QED) is 0.823. The van der Waals surface area contributed by atoms with Crippen molar-refractivity contribution >= 4 is 11.6 Å². The summed E-state index contributed by atoms with van der Waals surface area (Å²) < 4.78 is 0. The molecule has 1 fully saturated rings. The van der Waals surface area contributed by atoms with E-state index < -0.39 is 0 Å². The van der Waals surface area contributed by atoms with Gasteiger partial charge in [-0.05, 0) is 19.1 Å². The van der Waals surface area contributed by atoms with Crippen molar-refractivity contribution in [3.05, 3.63) is 29.8 Å². The van der Waals surface area contributed by atoms with Gasteiger partial charge in [0.25, 0.3) is 5.91 Å². The molecule has 17 heavy (non-hydrogen) atoms. The molecule has 1 aliphatic heterocycles. The maximum atomic E-state index is 12.4. The molecule has 1 aromatic carbocycles. The lowest BCUT2D eigenvalue weighted by molar-refractivity contribution is 0.0737. The van der Waals surface area contributed by atoms with Crippen LogP contribution < -0.4 is 10.6 Å². The Morgan fingerprint density at radius 1 is 1.35 bits per heavy atom. The first-order valence-electron chi connectivity index (χ1n) is 6.16. The fraction of sp³-hybridized carbons (Fsp3) is 0.462. The Kier molecular flexibility index (Phi) is 3.98. The van der Waals surface area contributed by atoms with E-state index in [1.54, 1.807) is 0 Å². The van der Waals surface area contributed by atoms with Gasteiger partial charge in [0, 0.05) is 38.4 Å². The Labute approximate surface area is 102 Å². The van der Waals surface area contributed by atoms with Gasteiger partial charge in [-0.3, -0.25) is 4.79 Å². The summed E-state index contributed by atoms with van der Waals surface area (Å²) >= 11 is 0. The molecule has 0 atom stereocenters.